The maximum Gasteiger partial charge on any atom is 0.155 e. The van der Waals surface area contributed by atoms with Crippen LogP contribution in [0.3, 0.4) is 0 Å². The molecule has 0 aliphatic rings. The normalized spacial score (nSPS) is 12.2. The number of hydrogen-bond donors (Lipinski definition) is 0. The van der Waals surface area contributed by atoms with Gasteiger partial charge in [0.05, 0.1) is 11.6 Å². The SMILES string of the molecule is CCCCCCCCCCCC(=O)/C=C/CCc1coc([Si](C)(C)C)c1. The number of carbonyl (C=O) groups is 1. The maximum absolute atomic E-state index is 11.9. The summed E-state index contributed by atoms with van der Waals surface area (Å²) in [7, 11) is -1.35. The molecule has 3 heteroatoms. The van der Waals surface area contributed by atoms with Gasteiger partial charge < -0.3 is 4.42 Å². The fourth-order valence-corrected chi connectivity index (χ4v) is 4.09. The summed E-state index contributed by atoms with van der Waals surface area (Å²) in [6, 6.07) is 2.20. The monoisotopic (exact) mass is 376 g/mol. The maximum atomic E-state index is 11.9. The molecule has 0 saturated heterocycles. The van der Waals surface area contributed by atoms with Crippen molar-refractivity contribution in [2.75, 3.05) is 0 Å². The van der Waals surface area contributed by atoms with Crippen LogP contribution in [0.5, 0.6) is 0 Å². The van der Waals surface area contributed by atoms with Crippen LogP contribution in [-0.4, -0.2) is 13.9 Å². The molecule has 0 aromatic carbocycles. The number of rotatable bonds is 15. The molecule has 2 nitrogen and oxygen atoms in total. The lowest BCUT2D eigenvalue weighted by Crippen LogP contribution is -2.36. The molecule has 0 radical (unpaired) electrons. The van der Waals surface area contributed by atoms with E-state index >= 15 is 0 Å². The lowest BCUT2D eigenvalue weighted by Gasteiger charge is -2.10. The number of allylic oxidation sites excluding steroid dienone is 2. The molecule has 0 bridgehead atoms. The highest BCUT2D eigenvalue weighted by Gasteiger charge is 2.20. The van der Waals surface area contributed by atoms with Crippen molar-refractivity contribution in [2.45, 2.75) is 104 Å². The molecule has 1 rings (SSSR count). The molecule has 0 fully saturated rings. The van der Waals surface area contributed by atoms with Crippen LogP contribution in [0.15, 0.2) is 28.9 Å². The minimum Gasteiger partial charge on any atom is -0.474 e. The molecule has 148 valence electrons. The average Bonchev–Trinajstić information content (AvgIpc) is 3.06. The standard InChI is InChI=1S/C23H40O2Si/c1-5-6-7-8-9-10-11-12-13-17-22(24)18-15-14-16-21-19-23(25-20-21)26(2,3)4/h15,18-20H,5-14,16-17H2,1-4H3/b18-15+. The Labute approximate surface area is 162 Å². The smallest absolute Gasteiger partial charge is 0.155 e. The van der Waals surface area contributed by atoms with Gasteiger partial charge in [-0.25, -0.2) is 0 Å². The van der Waals surface area contributed by atoms with Gasteiger partial charge in [0, 0.05) is 6.42 Å². The number of hydrogen-bond acceptors (Lipinski definition) is 2. The van der Waals surface area contributed by atoms with Gasteiger partial charge >= 0.3 is 0 Å². The highest BCUT2D eigenvalue weighted by atomic mass is 28.3. The van der Waals surface area contributed by atoms with Crippen molar-refractivity contribution in [3.05, 3.63) is 30.0 Å². The van der Waals surface area contributed by atoms with Crippen molar-refractivity contribution in [3.8, 4) is 0 Å². The van der Waals surface area contributed by atoms with E-state index in [4.69, 9.17) is 4.42 Å². The molecular weight excluding hydrogens is 336 g/mol. The van der Waals surface area contributed by atoms with Gasteiger partial charge in [0.15, 0.2) is 5.78 Å². The lowest BCUT2D eigenvalue weighted by atomic mass is 10.1. The summed E-state index contributed by atoms with van der Waals surface area (Å²) < 4.78 is 5.69. The summed E-state index contributed by atoms with van der Waals surface area (Å²) >= 11 is 0. The van der Waals surface area contributed by atoms with Gasteiger partial charge in [-0.2, -0.15) is 0 Å². The third kappa shape index (κ3) is 10.8. The second kappa shape index (κ2) is 13.1. The summed E-state index contributed by atoms with van der Waals surface area (Å²) in [5, 5.41) is 1.16. The zero-order valence-corrected chi connectivity index (χ0v) is 18.6. The Morgan fingerprint density at radius 2 is 1.62 bits per heavy atom. The van der Waals surface area contributed by atoms with E-state index < -0.39 is 8.07 Å². The zero-order chi connectivity index (χ0) is 19.3. The Bertz CT molecular complexity index is 523. The lowest BCUT2D eigenvalue weighted by molar-refractivity contribution is -0.114. The van der Waals surface area contributed by atoms with Gasteiger partial charge in [-0.3, -0.25) is 4.79 Å². The van der Waals surface area contributed by atoms with Crippen LogP contribution in [0.1, 0.15) is 83.1 Å². The van der Waals surface area contributed by atoms with E-state index in [1.165, 1.54) is 56.9 Å². The molecule has 26 heavy (non-hydrogen) atoms. The third-order valence-corrected chi connectivity index (χ3v) is 6.56. The van der Waals surface area contributed by atoms with Gasteiger partial charge in [-0.1, -0.05) is 84.0 Å². The van der Waals surface area contributed by atoms with Gasteiger partial charge in [-0.05, 0) is 37.0 Å². The van der Waals surface area contributed by atoms with Crippen molar-refractivity contribution in [1.29, 1.82) is 0 Å². The van der Waals surface area contributed by atoms with Crippen molar-refractivity contribution in [3.63, 3.8) is 0 Å². The first-order valence-corrected chi connectivity index (χ1v) is 14.2. The van der Waals surface area contributed by atoms with E-state index in [0.717, 1.165) is 24.6 Å². The fraction of sp³-hybridized carbons (Fsp3) is 0.696. The van der Waals surface area contributed by atoms with Gasteiger partial charge in [0.2, 0.25) is 0 Å². The van der Waals surface area contributed by atoms with Crippen LogP contribution in [-0.2, 0) is 11.2 Å². The molecular formula is C23H40O2Si. The van der Waals surface area contributed by atoms with Gasteiger partial charge in [-0.15, -0.1) is 0 Å². The highest BCUT2D eigenvalue weighted by molar-refractivity contribution is 6.87. The molecule has 0 N–H and O–H groups in total. The van der Waals surface area contributed by atoms with Crippen LogP contribution < -0.4 is 5.38 Å². The second-order valence-electron chi connectivity index (χ2n) is 8.55. The van der Waals surface area contributed by atoms with Crippen LogP contribution in [0.4, 0.5) is 0 Å². The molecule has 0 atom stereocenters. The van der Waals surface area contributed by atoms with E-state index in [0.29, 0.717) is 6.42 Å². The Morgan fingerprint density at radius 3 is 2.19 bits per heavy atom. The fourth-order valence-electron chi connectivity index (χ4n) is 3.06. The molecule has 0 aliphatic carbocycles. The zero-order valence-electron chi connectivity index (χ0n) is 17.6. The largest absolute Gasteiger partial charge is 0.474 e. The average molecular weight is 377 g/mol. The number of aryl methyl sites for hydroxylation is 1. The summed E-state index contributed by atoms with van der Waals surface area (Å²) in [6.45, 7) is 9.13. The topological polar surface area (TPSA) is 30.2 Å². The predicted octanol–water partition coefficient (Wildman–Crippen LogP) is 6.80. The van der Waals surface area contributed by atoms with Crippen molar-refractivity contribution >= 4 is 19.2 Å². The number of carbonyl (C=O) groups excluding carboxylic acids is 1. The van der Waals surface area contributed by atoms with Crippen LogP contribution in [0, 0.1) is 0 Å². The van der Waals surface area contributed by atoms with Crippen molar-refractivity contribution in [2.24, 2.45) is 0 Å². The molecule has 0 amide bonds. The van der Waals surface area contributed by atoms with E-state index in [-0.39, 0.29) is 5.78 Å². The first-order valence-electron chi connectivity index (χ1n) is 10.7. The Hall–Kier alpha value is -1.09. The Balaban J connectivity index is 2.04. The number of unbranched alkanes of at least 4 members (excludes halogenated alkanes) is 8. The number of ketones is 1. The molecule has 1 aromatic heterocycles. The molecule has 0 spiro atoms. The third-order valence-electron chi connectivity index (χ3n) is 4.82. The van der Waals surface area contributed by atoms with Gasteiger partial charge in [0.1, 0.15) is 8.07 Å². The van der Waals surface area contributed by atoms with E-state index in [2.05, 4.69) is 32.6 Å². The predicted molar refractivity (Wildman–Crippen MR) is 116 cm³/mol. The van der Waals surface area contributed by atoms with E-state index in [9.17, 15) is 4.79 Å². The Morgan fingerprint density at radius 1 is 1.00 bits per heavy atom. The minimum absolute atomic E-state index is 0.280. The minimum atomic E-state index is -1.35. The van der Waals surface area contributed by atoms with Crippen LogP contribution >= 0.6 is 0 Å². The first kappa shape index (κ1) is 22.9. The second-order valence-corrected chi connectivity index (χ2v) is 13.5. The van der Waals surface area contributed by atoms with Crippen LogP contribution in [0.2, 0.25) is 19.6 Å². The summed E-state index contributed by atoms with van der Waals surface area (Å²) in [4.78, 5) is 11.9. The molecule has 1 aromatic rings. The molecule has 0 saturated carbocycles. The molecule has 1 heterocycles. The quantitative estimate of drug-likeness (QED) is 0.191. The summed E-state index contributed by atoms with van der Waals surface area (Å²) in [5.41, 5.74) is 1.25. The summed E-state index contributed by atoms with van der Waals surface area (Å²) in [5.74, 6) is 0.280. The first-order chi connectivity index (χ1) is 12.4. The van der Waals surface area contributed by atoms with E-state index in [1.807, 2.05) is 12.3 Å². The van der Waals surface area contributed by atoms with Gasteiger partial charge in [0.25, 0.3) is 0 Å². The molecule has 0 aliphatic heterocycles. The van der Waals surface area contributed by atoms with Crippen molar-refractivity contribution in [1.82, 2.24) is 0 Å². The molecule has 0 unspecified atom stereocenters. The van der Waals surface area contributed by atoms with Crippen LogP contribution in [0.25, 0.3) is 0 Å². The van der Waals surface area contributed by atoms with E-state index in [1.54, 1.807) is 6.08 Å². The number of furan rings is 1. The Kier molecular flexibility index (Phi) is 11.6. The summed E-state index contributed by atoms with van der Waals surface area (Å²) in [6.07, 6.45) is 19.9. The highest BCUT2D eigenvalue weighted by Crippen LogP contribution is 2.11. The van der Waals surface area contributed by atoms with Crippen molar-refractivity contribution < 1.29 is 9.21 Å².